The van der Waals surface area contributed by atoms with Crippen LogP contribution in [0.2, 0.25) is 5.02 Å². The Morgan fingerprint density at radius 1 is 1.12 bits per heavy atom. The fourth-order valence-corrected chi connectivity index (χ4v) is 2.42. The Morgan fingerprint density at radius 2 is 1.79 bits per heavy atom. The van der Waals surface area contributed by atoms with Gasteiger partial charge in [0.25, 0.3) is 0 Å². The van der Waals surface area contributed by atoms with Crippen molar-refractivity contribution in [2.24, 2.45) is 0 Å². The maximum atomic E-state index is 13.4. The Labute approximate surface area is 147 Å². The molecule has 0 saturated carbocycles. The van der Waals surface area contributed by atoms with E-state index < -0.39 is 17.5 Å². The summed E-state index contributed by atoms with van der Waals surface area (Å²) in [6.07, 6.45) is -0.434. The summed E-state index contributed by atoms with van der Waals surface area (Å²) in [5.41, 5.74) is 2.73. The smallest absolute Gasteiger partial charge is 0.414 e. The molecule has 0 unspecified atom stereocenters. The van der Waals surface area contributed by atoms with Crippen molar-refractivity contribution in [1.82, 2.24) is 0 Å². The van der Waals surface area contributed by atoms with Crippen LogP contribution in [0, 0.1) is 12.7 Å². The molecule has 0 atom stereocenters. The van der Waals surface area contributed by atoms with Crippen molar-refractivity contribution >= 4 is 23.4 Å². The summed E-state index contributed by atoms with van der Waals surface area (Å²) in [6.45, 7) is 7.39. The van der Waals surface area contributed by atoms with Gasteiger partial charge in [-0.25, -0.2) is 9.18 Å². The summed E-state index contributed by atoms with van der Waals surface area (Å²) < 4.78 is 18.8. The van der Waals surface area contributed by atoms with E-state index in [-0.39, 0.29) is 5.02 Å². The molecule has 0 radical (unpaired) electrons. The molecule has 2 rings (SSSR count). The molecule has 0 aromatic heterocycles. The minimum Gasteiger partial charge on any atom is -0.443 e. The number of aryl methyl sites for hydroxylation is 1. The number of hydrogen-bond donors (Lipinski definition) is 0. The molecule has 24 heavy (non-hydrogen) atoms. The first-order valence-corrected chi connectivity index (χ1v) is 7.98. The van der Waals surface area contributed by atoms with E-state index in [0.29, 0.717) is 5.69 Å². The van der Waals surface area contributed by atoms with Crippen LogP contribution in [0.3, 0.4) is 0 Å². The molecule has 0 heterocycles. The summed E-state index contributed by atoms with van der Waals surface area (Å²) >= 11 is 5.87. The van der Waals surface area contributed by atoms with Crippen LogP contribution in [-0.4, -0.2) is 18.7 Å². The van der Waals surface area contributed by atoms with Gasteiger partial charge in [0.1, 0.15) is 11.4 Å². The highest BCUT2D eigenvalue weighted by molar-refractivity contribution is 6.31. The highest BCUT2D eigenvalue weighted by Crippen LogP contribution is 2.29. The summed E-state index contributed by atoms with van der Waals surface area (Å²) in [4.78, 5) is 13.7. The first-order chi connectivity index (χ1) is 11.1. The Morgan fingerprint density at radius 3 is 2.38 bits per heavy atom. The number of nitrogens with zero attached hydrogens (tertiary/aromatic N) is 1. The van der Waals surface area contributed by atoms with Gasteiger partial charge in [0.2, 0.25) is 0 Å². The molecular weight excluding hydrogens is 329 g/mol. The summed E-state index contributed by atoms with van der Waals surface area (Å²) in [5.74, 6) is -0.459. The highest BCUT2D eigenvalue weighted by Gasteiger charge is 2.21. The van der Waals surface area contributed by atoms with Crippen molar-refractivity contribution < 1.29 is 13.9 Å². The van der Waals surface area contributed by atoms with E-state index in [1.807, 2.05) is 45.9 Å². The van der Waals surface area contributed by atoms with Gasteiger partial charge in [-0.3, -0.25) is 4.90 Å². The number of ether oxygens (including phenoxy) is 1. The highest BCUT2D eigenvalue weighted by atomic mass is 35.5. The van der Waals surface area contributed by atoms with Crippen LogP contribution >= 0.6 is 11.6 Å². The van der Waals surface area contributed by atoms with Gasteiger partial charge in [0.05, 0.1) is 5.02 Å². The molecule has 0 spiro atoms. The van der Waals surface area contributed by atoms with E-state index in [0.717, 1.165) is 16.7 Å². The predicted octanol–water partition coefficient (Wildman–Crippen LogP) is 5.83. The standard InChI is InChI=1S/C19H21ClFNO2/c1-12-8-14(13-6-7-17(21)16(20)11-13)10-15(9-12)22(5)18(23)24-19(2,3)4/h6-11H,1-5H3. The Kier molecular flexibility index (Phi) is 5.19. The van der Waals surface area contributed by atoms with Crippen molar-refractivity contribution in [2.75, 3.05) is 11.9 Å². The van der Waals surface area contributed by atoms with Gasteiger partial charge < -0.3 is 4.74 Å². The van der Waals surface area contributed by atoms with Gasteiger partial charge in [0, 0.05) is 12.7 Å². The van der Waals surface area contributed by atoms with Gasteiger partial charge in [-0.05, 0) is 68.7 Å². The van der Waals surface area contributed by atoms with Crippen molar-refractivity contribution in [3.63, 3.8) is 0 Å². The van der Waals surface area contributed by atoms with Gasteiger partial charge in [0.15, 0.2) is 0 Å². The molecule has 5 heteroatoms. The van der Waals surface area contributed by atoms with E-state index in [1.54, 1.807) is 19.2 Å². The van der Waals surface area contributed by atoms with Crippen molar-refractivity contribution in [1.29, 1.82) is 0 Å². The fraction of sp³-hybridized carbons (Fsp3) is 0.316. The summed E-state index contributed by atoms with van der Waals surface area (Å²) in [5, 5.41) is 0.0658. The number of amides is 1. The molecule has 0 saturated heterocycles. The summed E-state index contributed by atoms with van der Waals surface area (Å²) in [6, 6.07) is 10.3. The second-order valence-electron chi connectivity index (χ2n) is 6.73. The average Bonchev–Trinajstić information content (AvgIpc) is 2.46. The zero-order valence-electron chi connectivity index (χ0n) is 14.5. The van der Waals surface area contributed by atoms with Gasteiger partial charge in [-0.1, -0.05) is 23.7 Å². The van der Waals surface area contributed by atoms with E-state index in [4.69, 9.17) is 16.3 Å². The maximum Gasteiger partial charge on any atom is 0.414 e. The molecule has 0 bridgehead atoms. The van der Waals surface area contributed by atoms with Crippen LogP contribution in [0.15, 0.2) is 36.4 Å². The second-order valence-corrected chi connectivity index (χ2v) is 7.13. The predicted molar refractivity (Wildman–Crippen MR) is 96.2 cm³/mol. The largest absolute Gasteiger partial charge is 0.443 e. The minimum absolute atomic E-state index is 0.0658. The molecule has 1 amide bonds. The molecule has 2 aromatic rings. The van der Waals surface area contributed by atoms with Crippen LogP contribution in [0.4, 0.5) is 14.9 Å². The SMILES string of the molecule is Cc1cc(-c2ccc(F)c(Cl)c2)cc(N(C)C(=O)OC(C)(C)C)c1. The lowest BCUT2D eigenvalue weighted by Crippen LogP contribution is -2.34. The lowest BCUT2D eigenvalue weighted by molar-refractivity contribution is 0.0589. The first kappa shape index (κ1) is 18.3. The van der Waals surface area contributed by atoms with Gasteiger partial charge in [-0.15, -0.1) is 0 Å². The molecule has 0 N–H and O–H groups in total. The molecule has 0 aliphatic rings. The second kappa shape index (κ2) is 6.81. The lowest BCUT2D eigenvalue weighted by atomic mass is 10.0. The fourth-order valence-electron chi connectivity index (χ4n) is 2.23. The molecule has 0 aliphatic heterocycles. The van der Waals surface area contributed by atoms with Crippen LogP contribution in [0.25, 0.3) is 11.1 Å². The normalized spacial score (nSPS) is 11.3. The van der Waals surface area contributed by atoms with Crippen LogP contribution in [0.5, 0.6) is 0 Å². The number of anilines is 1. The van der Waals surface area contributed by atoms with E-state index in [1.165, 1.54) is 11.0 Å². The molecular formula is C19H21ClFNO2. The number of carbonyl (C=O) groups excluding carboxylic acids is 1. The monoisotopic (exact) mass is 349 g/mol. The topological polar surface area (TPSA) is 29.5 Å². The zero-order valence-corrected chi connectivity index (χ0v) is 15.2. The molecule has 128 valence electrons. The molecule has 2 aromatic carbocycles. The van der Waals surface area contributed by atoms with Crippen molar-refractivity contribution in [3.8, 4) is 11.1 Å². The number of benzene rings is 2. The summed E-state index contributed by atoms with van der Waals surface area (Å²) in [7, 11) is 1.66. The maximum absolute atomic E-state index is 13.4. The van der Waals surface area contributed by atoms with Gasteiger partial charge in [-0.2, -0.15) is 0 Å². The van der Waals surface area contributed by atoms with Crippen molar-refractivity contribution in [2.45, 2.75) is 33.3 Å². The first-order valence-electron chi connectivity index (χ1n) is 7.60. The van der Waals surface area contributed by atoms with Crippen molar-refractivity contribution in [3.05, 3.63) is 52.8 Å². The quantitative estimate of drug-likeness (QED) is 0.683. The van der Waals surface area contributed by atoms with Crippen LogP contribution in [0.1, 0.15) is 26.3 Å². The zero-order chi connectivity index (χ0) is 18.1. The Bertz CT molecular complexity index is 768. The number of carbonyl (C=O) groups is 1. The third-order valence-electron chi connectivity index (χ3n) is 3.37. The lowest BCUT2D eigenvalue weighted by Gasteiger charge is -2.25. The Balaban J connectivity index is 2.38. The molecule has 0 aliphatic carbocycles. The third-order valence-corrected chi connectivity index (χ3v) is 3.66. The van der Waals surface area contributed by atoms with E-state index in [9.17, 15) is 9.18 Å². The minimum atomic E-state index is -0.567. The van der Waals surface area contributed by atoms with Crippen LogP contribution in [-0.2, 0) is 4.74 Å². The number of rotatable bonds is 2. The third kappa shape index (κ3) is 4.48. The molecule has 3 nitrogen and oxygen atoms in total. The number of hydrogen-bond acceptors (Lipinski definition) is 2. The van der Waals surface area contributed by atoms with E-state index in [2.05, 4.69) is 0 Å². The Hall–Kier alpha value is -2.07. The van der Waals surface area contributed by atoms with Gasteiger partial charge >= 0.3 is 6.09 Å². The number of halogens is 2. The molecule has 0 fully saturated rings. The van der Waals surface area contributed by atoms with E-state index >= 15 is 0 Å². The average molecular weight is 350 g/mol. The van der Waals surface area contributed by atoms with Crippen LogP contribution < -0.4 is 4.90 Å².